The molecule has 1 aromatic rings. The molecule has 126 valence electrons. The Morgan fingerprint density at radius 1 is 1.30 bits per heavy atom. The fraction of sp³-hybridized carbons (Fsp3) is 0.650. The van der Waals surface area contributed by atoms with Gasteiger partial charge in [0.25, 0.3) is 0 Å². The highest BCUT2D eigenvalue weighted by atomic mass is 16.5. The first kappa shape index (κ1) is 16.5. The Labute approximate surface area is 139 Å². The average molecular weight is 316 g/mol. The summed E-state index contributed by atoms with van der Waals surface area (Å²) in [5.74, 6) is 1.10. The summed E-state index contributed by atoms with van der Waals surface area (Å²) in [6.07, 6.45) is 5.54. The van der Waals surface area contributed by atoms with Gasteiger partial charge in [-0.3, -0.25) is 0 Å². The lowest BCUT2D eigenvalue weighted by molar-refractivity contribution is -0.0498. The van der Waals surface area contributed by atoms with Crippen molar-refractivity contribution in [3.8, 4) is 0 Å². The molecule has 0 amide bonds. The highest BCUT2D eigenvalue weighted by Crippen LogP contribution is 2.58. The van der Waals surface area contributed by atoms with E-state index >= 15 is 0 Å². The van der Waals surface area contributed by atoms with Gasteiger partial charge in [0.15, 0.2) is 0 Å². The van der Waals surface area contributed by atoms with Gasteiger partial charge < -0.3 is 9.84 Å². The summed E-state index contributed by atoms with van der Waals surface area (Å²) in [4.78, 5) is 12.4. The van der Waals surface area contributed by atoms with Crippen LogP contribution in [0, 0.1) is 23.2 Å². The van der Waals surface area contributed by atoms with E-state index in [4.69, 9.17) is 4.74 Å². The van der Waals surface area contributed by atoms with Gasteiger partial charge in [-0.2, -0.15) is 0 Å². The van der Waals surface area contributed by atoms with E-state index < -0.39 is 0 Å². The molecule has 0 aromatic heterocycles. The maximum atomic E-state index is 12.4. The van der Waals surface area contributed by atoms with Gasteiger partial charge in [0.2, 0.25) is 0 Å². The number of hydrogen-bond donors (Lipinski definition) is 1. The second kappa shape index (κ2) is 6.64. The number of benzene rings is 1. The van der Waals surface area contributed by atoms with E-state index in [9.17, 15) is 9.90 Å². The molecule has 3 rings (SSSR count). The van der Waals surface area contributed by atoms with Gasteiger partial charge in [-0.25, -0.2) is 4.79 Å². The van der Waals surface area contributed by atoms with Crippen LogP contribution in [0.2, 0.25) is 0 Å². The van der Waals surface area contributed by atoms with Crippen LogP contribution in [0.15, 0.2) is 30.3 Å². The SMILES string of the molecule is C[C@@H](CO)[C@@H]1CCC2[C@H](OC(=O)c3ccccc3)CCC[C@]21C. The molecule has 3 nitrogen and oxygen atoms in total. The zero-order valence-corrected chi connectivity index (χ0v) is 14.2. The van der Waals surface area contributed by atoms with Crippen molar-refractivity contribution in [1.29, 1.82) is 0 Å². The van der Waals surface area contributed by atoms with Gasteiger partial charge in [-0.1, -0.05) is 32.0 Å². The van der Waals surface area contributed by atoms with Crippen molar-refractivity contribution < 1.29 is 14.6 Å². The lowest BCUT2D eigenvalue weighted by Gasteiger charge is -2.46. The Morgan fingerprint density at radius 2 is 2.04 bits per heavy atom. The van der Waals surface area contributed by atoms with Crippen molar-refractivity contribution in [2.24, 2.45) is 23.2 Å². The van der Waals surface area contributed by atoms with Gasteiger partial charge in [0.05, 0.1) is 5.56 Å². The summed E-state index contributed by atoms with van der Waals surface area (Å²) in [5, 5.41) is 9.57. The Bertz CT molecular complexity index is 541. The average Bonchev–Trinajstić information content (AvgIpc) is 2.93. The summed E-state index contributed by atoms with van der Waals surface area (Å²) >= 11 is 0. The van der Waals surface area contributed by atoms with Crippen LogP contribution < -0.4 is 0 Å². The van der Waals surface area contributed by atoms with Gasteiger partial charge >= 0.3 is 5.97 Å². The third-order valence-electron chi connectivity index (χ3n) is 6.38. The lowest BCUT2D eigenvalue weighted by atomic mass is 9.62. The molecule has 1 N–H and O–H groups in total. The lowest BCUT2D eigenvalue weighted by Crippen LogP contribution is -2.43. The number of aliphatic hydroxyl groups is 1. The van der Waals surface area contributed by atoms with E-state index in [1.807, 2.05) is 30.3 Å². The van der Waals surface area contributed by atoms with Gasteiger partial charge in [-0.15, -0.1) is 0 Å². The van der Waals surface area contributed by atoms with Gasteiger partial charge in [0.1, 0.15) is 6.10 Å². The van der Waals surface area contributed by atoms with Crippen LogP contribution in [0.3, 0.4) is 0 Å². The van der Waals surface area contributed by atoms with Crippen LogP contribution in [0.4, 0.5) is 0 Å². The monoisotopic (exact) mass is 316 g/mol. The molecule has 3 heteroatoms. The summed E-state index contributed by atoms with van der Waals surface area (Å²) in [7, 11) is 0. The quantitative estimate of drug-likeness (QED) is 0.852. The molecule has 0 heterocycles. The van der Waals surface area contributed by atoms with Gasteiger partial charge in [0, 0.05) is 12.5 Å². The first-order valence-corrected chi connectivity index (χ1v) is 8.93. The predicted octanol–water partition coefficient (Wildman–Crippen LogP) is 4.06. The van der Waals surface area contributed by atoms with Gasteiger partial charge in [-0.05, 0) is 61.5 Å². The number of aliphatic hydroxyl groups excluding tert-OH is 1. The summed E-state index contributed by atoms with van der Waals surface area (Å²) in [5.41, 5.74) is 0.834. The van der Waals surface area contributed by atoms with Crippen LogP contribution in [0.1, 0.15) is 56.3 Å². The molecule has 2 aliphatic rings. The fourth-order valence-corrected chi connectivity index (χ4v) is 5.14. The first-order chi connectivity index (χ1) is 11.1. The summed E-state index contributed by atoms with van der Waals surface area (Å²) < 4.78 is 5.92. The van der Waals surface area contributed by atoms with Crippen LogP contribution in [-0.2, 0) is 4.74 Å². The minimum atomic E-state index is -0.196. The van der Waals surface area contributed by atoms with Crippen molar-refractivity contribution in [1.82, 2.24) is 0 Å². The number of fused-ring (bicyclic) bond motifs is 1. The maximum Gasteiger partial charge on any atom is 0.338 e. The van der Waals surface area contributed by atoms with Crippen molar-refractivity contribution >= 4 is 5.97 Å². The first-order valence-electron chi connectivity index (χ1n) is 8.93. The smallest absolute Gasteiger partial charge is 0.338 e. The molecular weight excluding hydrogens is 288 g/mol. The Morgan fingerprint density at radius 3 is 2.74 bits per heavy atom. The molecule has 1 aromatic carbocycles. The van der Waals surface area contributed by atoms with Crippen molar-refractivity contribution in [2.75, 3.05) is 6.61 Å². The summed E-state index contributed by atoms with van der Waals surface area (Å²) in [6, 6.07) is 9.28. The number of esters is 1. The third-order valence-corrected chi connectivity index (χ3v) is 6.38. The fourth-order valence-electron chi connectivity index (χ4n) is 5.14. The Kier molecular flexibility index (Phi) is 4.77. The zero-order valence-electron chi connectivity index (χ0n) is 14.2. The Balaban J connectivity index is 1.74. The molecule has 5 atom stereocenters. The minimum Gasteiger partial charge on any atom is -0.458 e. The second-order valence-electron chi connectivity index (χ2n) is 7.66. The van der Waals surface area contributed by atoms with Crippen LogP contribution >= 0.6 is 0 Å². The number of hydrogen-bond acceptors (Lipinski definition) is 3. The van der Waals surface area contributed by atoms with E-state index in [1.165, 1.54) is 6.42 Å². The van der Waals surface area contributed by atoms with E-state index in [0.717, 1.165) is 25.7 Å². The number of rotatable bonds is 4. The molecule has 1 unspecified atom stereocenters. The number of ether oxygens (including phenoxy) is 1. The van der Waals surface area contributed by atoms with Crippen LogP contribution in [0.25, 0.3) is 0 Å². The summed E-state index contributed by atoms with van der Waals surface area (Å²) in [6.45, 7) is 4.75. The van der Waals surface area contributed by atoms with Crippen molar-refractivity contribution in [3.63, 3.8) is 0 Å². The highest BCUT2D eigenvalue weighted by molar-refractivity contribution is 5.89. The molecule has 23 heavy (non-hydrogen) atoms. The van der Waals surface area contributed by atoms with E-state index in [2.05, 4.69) is 13.8 Å². The van der Waals surface area contributed by atoms with Crippen molar-refractivity contribution in [3.05, 3.63) is 35.9 Å². The third kappa shape index (κ3) is 3.03. The van der Waals surface area contributed by atoms with E-state index in [0.29, 0.717) is 23.3 Å². The zero-order chi connectivity index (χ0) is 16.4. The van der Waals surface area contributed by atoms with Crippen LogP contribution in [-0.4, -0.2) is 23.8 Å². The molecule has 2 saturated carbocycles. The normalized spacial score (nSPS) is 34.7. The predicted molar refractivity (Wildman–Crippen MR) is 90.1 cm³/mol. The van der Waals surface area contributed by atoms with Crippen molar-refractivity contribution in [2.45, 2.75) is 52.1 Å². The molecule has 0 aliphatic heterocycles. The molecule has 2 fully saturated rings. The molecular formula is C20H28O3. The largest absolute Gasteiger partial charge is 0.458 e. The minimum absolute atomic E-state index is 0.0253. The Hall–Kier alpha value is -1.35. The molecule has 0 radical (unpaired) electrons. The van der Waals surface area contributed by atoms with E-state index in [-0.39, 0.29) is 24.1 Å². The highest BCUT2D eigenvalue weighted by Gasteiger charge is 2.53. The molecule has 0 saturated heterocycles. The number of carbonyl (C=O) groups is 1. The maximum absolute atomic E-state index is 12.4. The van der Waals surface area contributed by atoms with Crippen LogP contribution in [0.5, 0.6) is 0 Å². The molecule has 0 spiro atoms. The molecule has 2 aliphatic carbocycles. The second-order valence-corrected chi connectivity index (χ2v) is 7.66. The number of carbonyl (C=O) groups excluding carboxylic acids is 1. The topological polar surface area (TPSA) is 46.5 Å². The van der Waals surface area contributed by atoms with E-state index in [1.54, 1.807) is 0 Å². The standard InChI is InChI=1S/C20H28O3/c1-14(13-21)16-10-11-17-18(9-6-12-20(16,17)2)23-19(22)15-7-4-3-5-8-15/h3-5,7-8,14,16-18,21H,6,9-13H2,1-2H3/t14-,16-,17?,18+,20-/m0/s1. The molecule has 0 bridgehead atoms.